The molecule has 2 heterocycles. The highest BCUT2D eigenvalue weighted by Gasteiger charge is 2.48. The number of halogens is 1. The largest absolute Gasteiger partial charge is 0.507 e. The van der Waals surface area contributed by atoms with Crippen LogP contribution in [0.4, 0.5) is 5.69 Å². The number of aryl methyl sites for hydroxylation is 2. The van der Waals surface area contributed by atoms with Gasteiger partial charge in [-0.05, 0) is 61.4 Å². The van der Waals surface area contributed by atoms with E-state index >= 15 is 0 Å². The summed E-state index contributed by atoms with van der Waals surface area (Å²) in [6.07, 6.45) is 1.46. The van der Waals surface area contributed by atoms with Crippen LogP contribution >= 0.6 is 11.6 Å². The zero-order chi connectivity index (χ0) is 22.3. The second-order valence-corrected chi connectivity index (χ2v) is 7.73. The first kappa shape index (κ1) is 20.8. The van der Waals surface area contributed by atoms with Crippen LogP contribution in [-0.4, -0.2) is 23.9 Å². The van der Waals surface area contributed by atoms with E-state index in [1.54, 1.807) is 24.3 Å². The van der Waals surface area contributed by atoms with Crippen LogP contribution in [-0.2, 0) is 9.59 Å². The summed E-state index contributed by atoms with van der Waals surface area (Å²) < 4.78 is 10.8. The number of hydrogen-bond donors (Lipinski definition) is 1. The first-order chi connectivity index (χ1) is 14.8. The van der Waals surface area contributed by atoms with Gasteiger partial charge in [0.2, 0.25) is 0 Å². The van der Waals surface area contributed by atoms with Crippen LogP contribution in [0.5, 0.6) is 5.75 Å². The number of furan rings is 1. The monoisotopic (exact) mass is 437 g/mol. The van der Waals surface area contributed by atoms with Crippen molar-refractivity contribution in [2.24, 2.45) is 0 Å². The molecule has 1 atom stereocenters. The molecule has 7 heteroatoms. The second kappa shape index (κ2) is 7.96. The van der Waals surface area contributed by atoms with Gasteiger partial charge in [-0.1, -0.05) is 23.7 Å². The Bertz CT molecular complexity index is 1210. The minimum atomic E-state index is -0.947. The Labute approximate surface area is 184 Å². The Morgan fingerprint density at radius 1 is 1.13 bits per heavy atom. The molecule has 0 saturated carbocycles. The number of ketones is 1. The van der Waals surface area contributed by atoms with Crippen LogP contribution in [0.3, 0.4) is 0 Å². The first-order valence-corrected chi connectivity index (χ1v) is 9.97. The van der Waals surface area contributed by atoms with Crippen molar-refractivity contribution in [3.63, 3.8) is 0 Å². The highest BCUT2D eigenvalue weighted by Crippen LogP contribution is 2.44. The van der Waals surface area contributed by atoms with Crippen molar-refractivity contribution in [1.82, 2.24) is 0 Å². The predicted molar refractivity (Wildman–Crippen MR) is 117 cm³/mol. The Morgan fingerprint density at radius 3 is 2.58 bits per heavy atom. The maximum atomic E-state index is 13.2. The van der Waals surface area contributed by atoms with Crippen LogP contribution in [0.15, 0.2) is 64.8 Å². The van der Waals surface area contributed by atoms with E-state index in [0.29, 0.717) is 17.2 Å². The van der Waals surface area contributed by atoms with Gasteiger partial charge in [-0.15, -0.1) is 0 Å². The van der Waals surface area contributed by atoms with Gasteiger partial charge >= 0.3 is 0 Å². The third-order valence-corrected chi connectivity index (χ3v) is 5.64. The summed E-state index contributed by atoms with van der Waals surface area (Å²) in [5.41, 5.74) is 2.40. The summed E-state index contributed by atoms with van der Waals surface area (Å²) in [5.74, 6) is -1.17. The van der Waals surface area contributed by atoms with Crippen LogP contribution in [0.25, 0.3) is 5.76 Å². The molecule has 0 aliphatic carbocycles. The molecule has 3 aromatic rings. The summed E-state index contributed by atoms with van der Waals surface area (Å²) in [4.78, 5) is 27.7. The van der Waals surface area contributed by atoms with E-state index in [-0.39, 0.29) is 16.2 Å². The highest BCUT2D eigenvalue weighted by molar-refractivity contribution is 6.52. The molecule has 1 aliphatic heterocycles. The molecule has 1 unspecified atom stereocenters. The van der Waals surface area contributed by atoms with Crippen LogP contribution in [0.1, 0.15) is 28.5 Å². The molecule has 1 saturated heterocycles. The fourth-order valence-corrected chi connectivity index (χ4v) is 3.94. The molecule has 1 amide bonds. The average Bonchev–Trinajstić information content (AvgIpc) is 3.37. The lowest BCUT2D eigenvalue weighted by Crippen LogP contribution is -2.30. The molecule has 6 nitrogen and oxygen atoms in total. The number of aliphatic hydroxyl groups is 1. The lowest BCUT2D eigenvalue weighted by molar-refractivity contribution is -0.132. The number of anilines is 1. The molecular weight excluding hydrogens is 418 g/mol. The first-order valence-electron chi connectivity index (χ1n) is 9.59. The van der Waals surface area contributed by atoms with Crippen LogP contribution < -0.4 is 9.64 Å². The number of carbonyl (C=O) groups excluding carboxylic acids is 2. The summed E-state index contributed by atoms with van der Waals surface area (Å²) in [7, 11) is 1.48. The van der Waals surface area contributed by atoms with E-state index in [4.69, 9.17) is 20.8 Å². The summed E-state index contributed by atoms with van der Waals surface area (Å²) in [6.45, 7) is 3.75. The molecule has 2 aromatic carbocycles. The molecule has 1 fully saturated rings. The molecule has 1 aromatic heterocycles. The zero-order valence-electron chi connectivity index (χ0n) is 17.2. The number of nitrogens with zero attached hydrogens (tertiary/aromatic N) is 1. The molecule has 0 spiro atoms. The SMILES string of the molecule is COc1ccc(Cl)c(/C(O)=C2/C(=O)C(=O)N(c3cc(C)ccc3C)C2c2ccco2)c1. The van der Waals surface area contributed by atoms with Crippen molar-refractivity contribution in [2.75, 3.05) is 12.0 Å². The summed E-state index contributed by atoms with van der Waals surface area (Å²) in [5, 5.41) is 11.4. The normalized spacial score (nSPS) is 17.9. The van der Waals surface area contributed by atoms with Gasteiger partial charge < -0.3 is 14.3 Å². The topological polar surface area (TPSA) is 80.0 Å². The molecule has 1 N–H and O–H groups in total. The molecule has 158 valence electrons. The molecular formula is C24H20ClNO5. The fraction of sp³-hybridized carbons (Fsp3) is 0.167. The Kier molecular flexibility index (Phi) is 5.33. The fourth-order valence-electron chi connectivity index (χ4n) is 3.73. The maximum Gasteiger partial charge on any atom is 0.300 e. The van der Waals surface area contributed by atoms with Crippen molar-refractivity contribution < 1.29 is 23.8 Å². The number of ether oxygens (including phenoxy) is 1. The lowest BCUT2D eigenvalue weighted by atomic mass is 9.98. The summed E-state index contributed by atoms with van der Waals surface area (Å²) >= 11 is 6.30. The van der Waals surface area contributed by atoms with E-state index in [2.05, 4.69) is 0 Å². The van der Waals surface area contributed by atoms with Crippen molar-refractivity contribution in [2.45, 2.75) is 19.9 Å². The van der Waals surface area contributed by atoms with Crippen molar-refractivity contribution in [3.8, 4) is 5.75 Å². The van der Waals surface area contributed by atoms with E-state index in [9.17, 15) is 14.7 Å². The zero-order valence-corrected chi connectivity index (χ0v) is 17.9. The third-order valence-electron chi connectivity index (χ3n) is 5.31. The summed E-state index contributed by atoms with van der Waals surface area (Å²) in [6, 6.07) is 12.7. The molecule has 0 radical (unpaired) electrons. The number of rotatable bonds is 4. The quantitative estimate of drug-likeness (QED) is 0.345. The molecule has 31 heavy (non-hydrogen) atoms. The molecule has 4 rings (SSSR count). The minimum Gasteiger partial charge on any atom is -0.507 e. The van der Waals surface area contributed by atoms with Gasteiger partial charge in [0.05, 0.1) is 24.0 Å². The lowest BCUT2D eigenvalue weighted by Gasteiger charge is -2.25. The van der Waals surface area contributed by atoms with Gasteiger partial charge in [0, 0.05) is 11.3 Å². The smallest absolute Gasteiger partial charge is 0.300 e. The van der Waals surface area contributed by atoms with Gasteiger partial charge in [0.15, 0.2) is 0 Å². The molecule has 1 aliphatic rings. The van der Waals surface area contributed by atoms with Crippen molar-refractivity contribution >= 4 is 34.7 Å². The Hall–Kier alpha value is -3.51. The van der Waals surface area contributed by atoms with Gasteiger partial charge in [-0.25, -0.2) is 0 Å². The van der Waals surface area contributed by atoms with E-state index < -0.39 is 23.5 Å². The van der Waals surface area contributed by atoms with Gasteiger partial charge in [0.25, 0.3) is 11.7 Å². The molecule has 0 bridgehead atoms. The highest BCUT2D eigenvalue weighted by atomic mass is 35.5. The van der Waals surface area contributed by atoms with Crippen LogP contribution in [0, 0.1) is 13.8 Å². The average molecular weight is 438 g/mol. The number of aliphatic hydroxyl groups excluding tert-OH is 1. The second-order valence-electron chi connectivity index (χ2n) is 7.32. The Morgan fingerprint density at radius 2 is 1.90 bits per heavy atom. The number of Topliss-reactive ketones (excluding diaryl/α,β-unsaturated/α-hetero) is 1. The standard InChI is InChI=1S/C24H20ClNO5/c1-13-6-7-14(2)18(11-13)26-21(19-5-4-10-31-19)20(23(28)24(26)29)22(27)16-12-15(30-3)8-9-17(16)25/h4-12,21,27H,1-3H3/b22-20-. The number of carbonyl (C=O) groups is 2. The van der Waals surface area contributed by atoms with Gasteiger partial charge in [-0.2, -0.15) is 0 Å². The van der Waals surface area contributed by atoms with E-state index in [1.165, 1.54) is 24.3 Å². The Balaban J connectivity index is 1.98. The predicted octanol–water partition coefficient (Wildman–Crippen LogP) is 5.18. The number of amides is 1. The third kappa shape index (κ3) is 3.49. The minimum absolute atomic E-state index is 0.101. The van der Waals surface area contributed by atoms with E-state index in [1.807, 2.05) is 32.0 Å². The number of hydrogen-bond acceptors (Lipinski definition) is 5. The van der Waals surface area contributed by atoms with Crippen LogP contribution in [0.2, 0.25) is 5.02 Å². The van der Waals surface area contributed by atoms with Gasteiger partial charge in [0.1, 0.15) is 23.3 Å². The van der Waals surface area contributed by atoms with Gasteiger partial charge in [-0.3, -0.25) is 14.5 Å². The number of methoxy groups -OCH3 is 1. The maximum absolute atomic E-state index is 13.2. The van der Waals surface area contributed by atoms with E-state index in [0.717, 1.165) is 11.1 Å². The van der Waals surface area contributed by atoms with Crippen molar-refractivity contribution in [1.29, 1.82) is 0 Å². The van der Waals surface area contributed by atoms with Crippen molar-refractivity contribution in [3.05, 3.63) is 87.8 Å². The number of benzene rings is 2.